The van der Waals surface area contributed by atoms with E-state index < -0.39 is 0 Å². The fourth-order valence-electron chi connectivity index (χ4n) is 0.413. The molecule has 1 aromatic rings. The van der Waals surface area contributed by atoms with Gasteiger partial charge in [-0.3, -0.25) is 0 Å². The van der Waals surface area contributed by atoms with Crippen LogP contribution in [0.2, 0.25) is 0 Å². The molecule has 0 saturated heterocycles. The molecule has 0 spiro atoms. The molecule has 0 radical (unpaired) electrons. The lowest BCUT2D eigenvalue weighted by Gasteiger charge is -1.94. The quantitative estimate of drug-likeness (QED) is 0.561. The lowest BCUT2D eigenvalue weighted by atomic mass is 10.6. The summed E-state index contributed by atoms with van der Waals surface area (Å²) < 4.78 is 4.78. The Kier molecular flexibility index (Phi) is 2.15. The molecule has 0 aliphatic rings. The van der Waals surface area contributed by atoms with Gasteiger partial charge in [-0.1, -0.05) is 5.10 Å². The van der Waals surface area contributed by atoms with E-state index >= 15 is 0 Å². The van der Waals surface area contributed by atoms with Gasteiger partial charge < -0.3 is 4.74 Å². The second-order valence-electron chi connectivity index (χ2n) is 1.41. The summed E-state index contributed by atoms with van der Waals surface area (Å²) in [6, 6.07) is 3.34. The van der Waals surface area contributed by atoms with Crippen LogP contribution in [0, 0.1) is 11.3 Å². The zero-order chi connectivity index (χ0) is 7.23. The van der Waals surface area contributed by atoms with Crippen LogP contribution < -0.4 is 4.74 Å². The lowest BCUT2D eigenvalue weighted by Crippen LogP contribution is -1.97. The molecule has 0 aliphatic carbocycles. The van der Waals surface area contributed by atoms with Crippen molar-refractivity contribution >= 4 is 0 Å². The van der Waals surface area contributed by atoms with Crippen LogP contribution in [0.3, 0.4) is 0 Å². The SMILES string of the molecule is N#CCOc1ccnnn1. The monoisotopic (exact) mass is 136 g/mol. The maximum absolute atomic E-state index is 8.09. The molecule has 1 aromatic heterocycles. The maximum Gasteiger partial charge on any atom is 0.237 e. The minimum Gasteiger partial charge on any atom is -0.461 e. The van der Waals surface area contributed by atoms with E-state index in [2.05, 4.69) is 15.4 Å². The number of nitrogens with zero attached hydrogens (tertiary/aromatic N) is 4. The van der Waals surface area contributed by atoms with E-state index in [-0.39, 0.29) is 6.61 Å². The van der Waals surface area contributed by atoms with Gasteiger partial charge in [0.15, 0.2) is 6.61 Å². The van der Waals surface area contributed by atoms with Gasteiger partial charge in [-0.05, 0) is 5.21 Å². The highest BCUT2D eigenvalue weighted by molar-refractivity contribution is 5.02. The topological polar surface area (TPSA) is 71.7 Å². The van der Waals surface area contributed by atoms with Crippen LogP contribution in [-0.2, 0) is 0 Å². The van der Waals surface area contributed by atoms with Crippen molar-refractivity contribution in [1.29, 1.82) is 5.26 Å². The Morgan fingerprint density at radius 1 is 1.70 bits per heavy atom. The van der Waals surface area contributed by atoms with Gasteiger partial charge >= 0.3 is 0 Å². The molecule has 0 aromatic carbocycles. The molecule has 0 unspecified atom stereocenters. The fraction of sp³-hybridized carbons (Fsp3) is 0.200. The Morgan fingerprint density at radius 3 is 3.20 bits per heavy atom. The van der Waals surface area contributed by atoms with E-state index in [1.165, 1.54) is 12.3 Å². The number of ether oxygens (including phenoxy) is 1. The number of hydrogen-bond acceptors (Lipinski definition) is 5. The van der Waals surface area contributed by atoms with Crippen molar-refractivity contribution in [3.8, 4) is 11.9 Å². The Hall–Kier alpha value is -1.70. The van der Waals surface area contributed by atoms with Gasteiger partial charge in [0.05, 0.1) is 6.20 Å². The van der Waals surface area contributed by atoms with Gasteiger partial charge in [0.1, 0.15) is 6.07 Å². The van der Waals surface area contributed by atoms with E-state index in [1.807, 2.05) is 0 Å². The molecule has 0 bridgehead atoms. The zero-order valence-electron chi connectivity index (χ0n) is 5.06. The average molecular weight is 136 g/mol. The van der Waals surface area contributed by atoms with Gasteiger partial charge in [-0.15, -0.1) is 5.10 Å². The first-order chi connectivity index (χ1) is 4.93. The predicted molar refractivity (Wildman–Crippen MR) is 30.9 cm³/mol. The summed E-state index contributed by atoms with van der Waals surface area (Å²) in [6.07, 6.45) is 1.44. The van der Waals surface area contributed by atoms with Gasteiger partial charge in [-0.25, -0.2) is 0 Å². The van der Waals surface area contributed by atoms with Crippen molar-refractivity contribution in [3.05, 3.63) is 12.3 Å². The highest BCUT2D eigenvalue weighted by Crippen LogP contribution is 1.98. The summed E-state index contributed by atoms with van der Waals surface area (Å²) >= 11 is 0. The van der Waals surface area contributed by atoms with Crippen LogP contribution in [-0.4, -0.2) is 22.0 Å². The number of rotatable bonds is 2. The smallest absolute Gasteiger partial charge is 0.237 e. The molecule has 0 atom stereocenters. The van der Waals surface area contributed by atoms with Crippen molar-refractivity contribution in [2.75, 3.05) is 6.61 Å². The van der Waals surface area contributed by atoms with Gasteiger partial charge in [-0.2, -0.15) is 5.26 Å². The minimum atomic E-state index is -0.0152. The second-order valence-corrected chi connectivity index (χ2v) is 1.41. The van der Waals surface area contributed by atoms with Crippen LogP contribution in [0.25, 0.3) is 0 Å². The van der Waals surface area contributed by atoms with Crippen molar-refractivity contribution < 1.29 is 4.74 Å². The van der Waals surface area contributed by atoms with E-state index in [1.54, 1.807) is 6.07 Å². The van der Waals surface area contributed by atoms with Gasteiger partial charge in [0.25, 0.3) is 0 Å². The molecule has 5 heteroatoms. The Balaban J connectivity index is 2.52. The first kappa shape index (κ1) is 6.42. The Bertz CT molecular complexity index is 229. The van der Waals surface area contributed by atoms with Crippen LogP contribution >= 0.6 is 0 Å². The predicted octanol–water partition coefficient (Wildman–Crippen LogP) is -0.226. The molecule has 5 nitrogen and oxygen atoms in total. The highest BCUT2D eigenvalue weighted by atomic mass is 16.5. The minimum absolute atomic E-state index is 0.0152. The zero-order valence-corrected chi connectivity index (χ0v) is 5.06. The van der Waals surface area contributed by atoms with E-state index in [0.717, 1.165) is 0 Å². The van der Waals surface area contributed by atoms with Crippen molar-refractivity contribution in [2.24, 2.45) is 0 Å². The third-order valence-electron chi connectivity index (χ3n) is 0.763. The number of hydrogen-bond donors (Lipinski definition) is 0. The molecule has 1 heterocycles. The molecule has 0 aliphatic heterocycles. The lowest BCUT2D eigenvalue weighted by molar-refractivity contribution is 0.346. The van der Waals surface area contributed by atoms with E-state index in [0.29, 0.717) is 5.88 Å². The van der Waals surface area contributed by atoms with Crippen LogP contribution in [0.1, 0.15) is 0 Å². The third kappa shape index (κ3) is 1.67. The second kappa shape index (κ2) is 3.35. The summed E-state index contributed by atoms with van der Waals surface area (Å²) in [7, 11) is 0. The summed E-state index contributed by atoms with van der Waals surface area (Å²) in [5.74, 6) is 0.316. The molecular weight excluding hydrogens is 132 g/mol. The molecule has 1 rings (SSSR count). The summed E-state index contributed by atoms with van der Waals surface area (Å²) in [5, 5.41) is 18.3. The first-order valence-corrected chi connectivity index (χ1v) is 2.57. The third-order valence-corrected chi connectivity index (χ3v) is 0.763. The highest BCUT2D eigenvalue weighted by Gasteiger charge is 1.90. The number of aromatic nitrogens is 3. The Morgan fingerprint density at radius 2 is 2.60 bits per heavy atom. The first-order valence-electron chi connectivity index (χ1n) is 2.57. The largest absolute Gasteiger partial charge is 0.461 e. The number of nitriles is 1. The van der Waals surface area contributed by atoms with Gasteiger partial charge in [0.2, 0.25) is 5.88 Å². The van der Waals surface area contributed by atoms with Crippen molar-refractivity contribution in [2.45, 2.75) is 0 Å². The fourth-order valence-corrected chi connectivity index (χ4v) is 0.413. The summed E-state index contributed by atoms with van der Waals surface area (Å²) in [4.78, 5) is 0. The van der Waals surface area contributed by atoms with Crippen LogP contribution in [0.5, 0.6) is 5.88 Å². The van der Waals surface area contributed by atoms with E-state index in [4.69, 9.17) is 10.00 Å². The molecule has 0 amide bonds. The molecule has 0 saturated carbocycles. The average Bonchev–Trinajstić information content (AvgIpc) is 2.03. The standard InChI is InChI=1S/C5H4N4O/c6-2-4-10-5-1-3-7-9-8-5/h1,3H,4H2. The normalized spacial score (nSPS) is 8.30. The van der Waals surface area contributed by atoms with Crippen molar-refractivity contribution in [3.63, 3.8) is 0 Å². The molecule has 10 heavy (non-hydrogen) atoms. The van der Waals surface area contributed by atoms with Gasteiger partial charge in [0, 0.05) is 6.07 Å². The molecular formula is C5H4N4O. The van der Waals surface area contributed by atoms with Crippen LogP contribution in [0.4, 0.5) is 0 Å². The van der Waals surface area contributed by atoms with Crippen LogP contribution in [0.15, 0.2) is 12.3 Å². The summed E-state index contributed by atoms with van der Waals surface area (Å²) in [5.41, 5.74) is 0. The molecule has 0 N–H and O–H groups in total. The molecule has 0 fully saturated rings. The van der Waals surface area contributed by atoms with Crippen molar-refractivity contribution in [1.82, 2.24) is 15.4 Å². The van der Waals surface area contributed by atoms with E-state index in [9.17, 15) is 0 Å². The summed E-state index contributed by atoms with van der Waals surface area (Å²) in [6.45, 7) is -0.0152. The Labute approximate surface area is 57.3 Å². The molecule has 50 valence electrons. The maximum atomic E-state index is 8.09.